The first kappa shape index (κ1) is 18.2. The summed E-state index contributed by atoms with van der Waals surface area (Å²) in [5, 5.41) is 21.1. The summed E-state index contributed by atoms with van der Waals surface area (Å²) in [4.78, 5) is 2.72. The third-order valence-corrected chi connectivity index (χ3v) is 2.88. The molecule has 0 aromatic heterocycles. The Morgan fingerprint density at radius 1 is 1.00 bits per heavy atom. The van der Waals surface area contributed by atoms with Gasteiger partial charge >= 0.3 is 0 Å². The van der Waals surface area contributed by atoms with Gasteiger partial charge in [0.2, 0.25) is 0 Å². The van der Waals surface area contributed by atoms with Crippen LogP contribution in [0.15, 0.2) is 5.11 Å². The van der Waals surface area contributed by atoms with Gasteiger partial charge in [-0.1, -0.05) is 43.6 Å². The SMILES string of the molecule is [N-]=[N+]=NCCCCCCCCCCOCC(O)CO. The molecule has 19 heavy (non-hydrogen) atoms. The molecule has 0 rings (SSSR count). The normalized spacial score (nSPS) is 12.1. The van der Waals surface area contributed by atoms with Crippen LogP contribution < -0.4 is 0 Å². The molecule has 0 aliphatic rings. The Labute approximate surface area is 115 Å². The van der Waals surface area contributed by atoms with E-state index in [0.29, 0.717) is 13.2 Å². The molecule has 0 aromatic rings. The largest absolute Gasteiger partial charge is 0.394 e. The van der Waals surface area contributed by atoms with Crippen LogP contribution in [0.1, 0.15) is 51.4 Å². The number of nitrogens with zero attached hydrogens (tertiary/aromatic N) is 3. The number of hydrogen-bond acceptors (Lipinski definition) is 4. The van der Waals surface area contributed by atoms with Crippen LogP contribution in [-0.4, -0.2) is 42.7 Å². The molecule has 6 nitrogen and oxygen atoms in total. The van der Waals surface area contributed by atoms with E-state index in [0.717, 1.165) is 25.7 Å². The number of aliphatic hydroxyl groups is 2. The molecule has 0 saturated heterocycles. The van der Waals surface area contributed by atoms with Gasteiger partial charge in [-0.25, -0.2) is 0 Å². The van der Waals surface area contributed by atoms with Gasteiger partial charge in [0.05, 0.1) is 13.2 Å². The number of ether oxygens (including phenoxy) is 1. The van der Waals surface area contributed by atoms with Crippen LogP contribution in [0.3, 0.4) is 0 Å². The number of aliphatic hydroxyl groups excluding tert-OH is 2. The molecular formula is C13H27N3O3. The zero-order valence-electron chi connectivity index (χ0n) is 11.7. The van der Waals surface area contributed by atoms with Gasteiger partial charge in [-0.05, 0) is 18.4 Å². The lowest BCUT2D eigenvalue weighted by molar-refractivity contribution is 0.00526. The number of unbranched alkanes of at least 4 members (excludes halogenated alkanes) is 7. The summed E-state index contributed by atoms with van der Waals surface area (Å²) in [7, 11) is 0. The van der Waals surface area contributed by atoms with Crippen molar-refractivity contribution in [3.05, 3.63) is 10.4 Å². The predicted molar refractivity (Wildman–Crippen MR) is 74.9 cm³/mol. The molecule has 0 spiro atoms. The second kappa shape index (κ2) is 15.2. The maximum Gasteiger partial charge on any atom is 0.100 e. The maximum atomic E-state index is 9.03. The van der Waals surface area contributed by atoms with Gasteiger partial charge < -0.3 is 14.9 Å². The minimum absolute atomic E-state index is 0.224. The molecule has 1 atom stereocenters. The lowest BCUT2D eigenvalue weighted by Crippen LogP contribution is -2.19. The highest BCUT2D eigenvalue weighted by Gasteiger charge is 2.00. The molecule has 0 aliphatic carbocycles. The van der Waals surface area contributed by atoms with Crippen molar-refractivity contribution in [3.8, 4) is 0 Å². The molecule has 0 saturated carbocycles. The third-order valence-electron chi connectivity index (χ3n) is 2.88. The Morgan fingerprint density at radius 3 is 2.16 bits per heavy atom. The van der Waals surface area contributed by atoms with Gasteiger partial charge in [-0.2, -0.15) is 0 Å². The molecule has 6 heteroatoms. The summed E-state index contributed by atoms with van der Waals surface area (Å²) in [5.41, 5.74) is 8.09. The summed E-state index contributed by atoms with van der Waals surface area (Å²) >= 11 is 0. The highest BCUT2D eigenvalue weighted by molar-refractivity contribution is 4.51. The lowest BCUT2D eigenvalue weighted by atomic mass is 10.1. The highest BCUT2D eigenvalue weighted by atomic mass is 16.5. The zero-order chi connectivity index (χ0) is 14.2. The summed E-state index contributed by atoms with van der Waals surface area (Å²) in [6.07, 6.45) is 8.43. The molecule has 2 N–H and O–H groups in total. The van der Waals surface area contributed by atoms with Crippen molar-refractivity contribution >= 4 is 0 Å². The summed E-state index contributed by atoms with van der Waals surface area (Å²) < 4.78 is 5.22. The van der Waals surface area contributed by atoms with Crippen molar-refractivity contribution in [3.63, 3.8) is 0 Å². The molecule has 0 heterocycles. The summed E-state index contributed by atoms with van der Waals surface area (Å²) in [5.74, 6) is 0. The second-order valence-corrected chi connectivity index (χ2v) is 4.69. The number of rotatable bonds is 14. The first-order chi connectivity index (χ1) is 9.31. The Kier molecular flexibility index (Phi) is 14.6. The topological polar surface area (TPSA) is 98.5 Å². The average Bonchev–Trinajstić information content (AvgIpc) is 2.43. The van der Waals surface area contributed by atoms with Crippen LogP contribution in [0.2, 0.25) is 0 Å². The van der Waals surface area contributed by atoms with E-state index in [9.17, 15) is 0 Å². The van der Waals surface area contributed by atoms with Crippen LogP contribution >= 0.6 is 0 Å². The van der Waals surface area contributed by atoms with Crippen LogP contribution in [0.25, 0.3) is 10.4 Å². The first-order valence-electron chi connectivity index (χ1n) is 7.18. The molecule has 0 bridgehead atoms. The van der Waals surface area contributed by atoms with E-state index >= 15 is 0 Å². The Balaban J connectivity index is 3.01. The van der Waals surface area contributed by atoms with Crippen LogP contribution in [0.5, 0.6) is 0 Å². The van der Waals surface area contributed by atoms with E-state index in [1.54, 1.807) is 0 Å². The molecule has 112 valence electrons. The Morgan fingerprint density at radius 2 is 1.58 bits per heavy atom. The predicted octanol–water partition coefficient (Wildman–Crippen LogP) is 2.79. The van der Waals surface area contributed by atoms with Crippen LogP contribution in [-0.2, 0) is 4.74 Å². The molecule has 0 aliphatic heterocycles. The monoisotopic (exact) mass is 273 g/mol. The smallest absolute Gasteiger partial charge is 0.100 e. The fourth-order valence-electron chi connectivity index (χ4n) is 1.76. The van der Waals surface area contributed by atoms with Crippen molar-refractivity contribution in [2.75, 3.05) is 26.4 Å². The maximum absolute atomic E-state index is 9.03. The van der Waals surface area contributed by atoms with Crippen molar-refractivity contribution in [2.24, 2.45) is 5.11 Å². The molecule has 1 unspecified atom stereocenters. The highest BCUT2D eigenvalue weighted by Crippen LogP contribution is 2.08. The van der Waals surface area contributed by atoms with Gasteiger partial charge in [0.15, 0.2) is 0 Å². The van der Waals surface area contributed by atoms with Crippen molar-refractivity contribution in [1.82, 2.24) is 0 Å². The standard InChI is InChI=1S/C13H27N3O3/c14-16-15-9-7-5-3-1-2-4-6-8-10-19-12-13(18)11-17/h13,17-18H,1-12H2. The van der Waals surface area contributed by atoms with Crippen LogP contribution in [0.4, 0.5) is 0 Å². The van der Waals surface area contributed by atoms with Crippen LogP contribution in [0, 0.1) is 0 Å². The fraction of sp³-hybridized carbons (Fsp3) is 1.00. The van der Waals surface area contributed by atoms with Crippen molar-refractivity contribution in [1.29, 1.82) is 0 Å². The fourth-order valence-corrected chi connectivity index (χ4v) is 1.76. The minimum Gasteiger partial charge on any atom is -0.394 e. The number of azide groups is 1. The van der Waals surface area contributed by atoms with E-state index in [1.807, 2.05) is 0 Å². The van der Waals surface area contributed by atoms with E-state index in [-0.39, 0.29) is 13.2 Å². The molecule has 0 radical (unpaired) electrons. The number of hydrogen-bond donors (Lipinski definition) is 2. The quantitative estimate of drug-likeness (QED) is 0.220. The summed E-state index contributed by atoms with van der Waals surface area (Å²) in [6.45, 7) is 1.26. The van der Waals surface area contributed by atoms with Gasteiger partial charge in [-0.15, -0.1) is 0 Å². The first-order valence-corrected chi connectivity index (χ1v) is 7.18. The average molecular weight is 273 g/mol. The molecular weight excluding hydrogens is 246 g/mol. The molecule has 0 aromatic carbocycles. The van der Waals surface area contributed by atoms with Gasteiger partial charge in [0.25, 0.3) is 0 Å². The summed E-state index contributed by atoms with van der Waals surface area (Å²) in [6, 6.07) is 0. The second-order valence-electron chi connectivity index (χ2n) is 4.69. The van der Waals surface area contributed by atoms with Crippen molar-refractivity contribution < 1.29 is 14.9 Å². The van der Waals surface area contributed by atoms with E-state index in [4.69, 9.17) is 20.5 Å². The van der Waals surface area contributed by atoms with Crippen molar-refractivity contribution in [2.45, 2.75) is 57.5 Å². The molecule has 0 fully saturated rings. The third kappa shape index (κ3) is 15.1. The Bertz CT molecular complexity index is 233. The van der Waals surface area contributed by atoms with Gasteiger partial charge in [0, 0.05) is 18.1 Å². The minimum atomic E-state index is -0.745. The van der Waals surface area contributed by atoms with Gasteiger partial charge in [-0.3, -0.25) is 0 Å². The lowest BCUT2D eigenvalue weighted by Gasteiger charge is -2.07. The zero-order valence-corrected chi connectivity index (χ0v) is 11.7. The van der Waals surface area contributed by atoms with Gasteiger partial charge in [0.1, 0.15) is 6.10 Å². The Hall–Kier alpha value is -0.810. The molecule has 0 amide bonds. The van der Waals surface area contributed by atoms with E-state index < -0.39 is 6.10 Å². The van der Waals surface area contributed by atoms with E-state index in [1.165, 1.54) is 25.7 Å². The van der Waals surface area contributed by atoms with E-state index in [2.05, 4.69) is 10.0 Å².